The second-order valence-electron chi connectivity index (χ2n) is 8.83. The van der Waals surface area contributed by atoms with Crippen molar-refractivity contribution in [2.45, 2.75) is 56.9 Å². The zero-order valence-electron chi connectivity index (χ0n) is 20.4. The van der Waals surface area contributed by atoms with E-state index in [1.807, 2.05) is 20.8 Å². The summed E-state index contributed by atoms with van der Waals surface area (Å²) in [6.07, 6.45) is -0.152. The number of hydrogen-bond acceptors (Lipinski definition) is 6. The largest absolute Gasteiger partial charge is 0.497 e. The van der Waals surface area contributed by atoms with Crippen LogP contribution in [-0.2, 0) is 29.8 Å². The van der Waals surface area contributed by atoms with Crippen molar-refractivity contribution < 1.29 is 27.5 Å². The van der Waals surface area contributed by atoms with Crippen LogP contribution in [0.15, 0.2) is 53.4 Å². The van der Waals surface area contributed by atoms with E-state index < -0.39 is 27.9 Å². The molecule has 2 N–H and O–H groups in total. The number of nitrogens with one attached hydrogen (secondary N) is 2. The lowest BCUT2D eigenvalue weighted by Gasteiger charge is -2.20. The molecule has 2 aromatic rings. The van der Waals surface area contributed by atoms with Crippen molar-refractivity contribution in [3.63, 3.8) is 0 Å². The first-order valence-electron chi connectivity index (χ1n) is 11.2. The second-order valence-corrected chi connectivity index (χ2v) is 10.6. The molecule has 1 unspecified atom stereocenters. The number of esters is 1. The van der Waals surface area contributed by atoms with Gasteiger partial charge in [0, 0.05) is 13.0 Å². The highest BCUT2D eigenvalue weighted by atomic mass is 32.2. The molecule has 1 atom stereocenters. The topological polar surface area (TPSA) is 111 Å². The van der Waals surface area contributed by atoms with Crippen molar-refractivity contribution >= 4 is 21.9 Å². The van der Waals surface area contributed by atoms with Gasteiger partial charge in [-0.3, -0.25) is 9.59 Å². The average molecular weight is 491 g/mol. The maximum Gasteiger partial charge on any atom is 0.308 e. The lowest BCUT2D eigenvalue weighted by Crippen LogP contribution is -2.34. The minimum atomic E-state index is -3.75. The molecule has 0 aliphatic carbocycles. The molecule has 0 radical (unpaired) electrons. The first-order valence-corrected chi connectivity index (χ1v) is 12.6. The molecule has 0 spiro atoms. The molecule has 0 saturated carbocycles. The van der Waals surface area contributed by atoms with Gasteiger partial charge in [-0.25, -0.2) is 13.1 Å². The third-order valence-electron chi connectivity index (χ3n) is 5.18. The number of carbonyl (C=O) groups is 2. The summed E-state index contributed by atoms with van der Waals surface area (Å²) in [5.74, 6) is -0.260. The zero-order chi connectivity index (χ0) is 25.4. The number of methoxy groups -OCH3 is 1. The minimum absolute atomic E-state index is 0.0569. The van der Waals surface area contributed by atoms with Crippen molar-refractivity contribution in [1.29, 1.82) is 0 Å². The van der Waals surface area contributed by atoms with Crippen molar-refractivity contribution in [2.75, 3.05) is 20.3 Å². The van der Waals surface area contributed by atoms with E-state index in [2.05, 4.69) is 10.0 Å². The number of hydrogen-bond donors (Lipinski definition) is 2. The molecule has 2 rings (SSSR count). The van der Waals surface area contributed by atoms with Gasteiger partial charge < -0.3 is 14.8 Å². The zero-order valence-corrected chi connectivity index (χ0v) is 21.2. The Bertz CT molecular complexity index is 1080. The van der Waals surface area contributed by atoms with E-state index in [-0.39, 0.29) is 36.3 Å². The van der Waals surface area contributed by atoms with Crippen LogP contribution >= 0.6 is 0 Å². The highest BCUT2D eigenvalue weighted by Gasteiger charge is 2.21. The van der Waals surface area contributed by atoms with Crippen LogP contribution < -0.4 is 14.8 Å². The number of ether oxygens (including phenoxy) is 2. The lowest BCUT2D eigenvalue weighted by molar-refractivity contribution is -0.143. The highest BCUT2D eigenvalue weighted by Crippen LogP contribution is 2.24. The fourth-order valence-electron chi connectivity index (χ4n) is 3.28. The molecule has 34 heavy (non-hydrogen) atoms. The van der Waals surface area contributed by atoms with E-state index in [0.717, 1.165) is 5.56 Å². The Morgan fingerprint density at radius 3 is 2.32 bits per heavy atom. The Morgan fingerprint density at radius 1 is 1.06 bits per heavy atom. The van der Waals surface area contributed by atoms with Crippen LogP contribution in [0.1, 0.15) is 57.7 Å². The molecule has 0 fully saturated rings. The van der Waals surface area contributed by atoms with E-state index in [1.54, 1.807) is 55.5 Å². The van der Waals surface area contributed by atoms with E-state index in [1.165, 1.54) is 7.11 Å². The van der Waals surface area contributed by atoms with Crippen LogP contribution in [0.25, 0.3) is 0 Å². The quantitative estimate of drug-likeness (QED) is 0.467. The summed E-state index contributed by atoms with van der Waals surface area (Å²) >= 11 is 0. The monoisotopic (exact) mass is 490 g/mol. The molecule has 186 valence electrons. The van der Waals surface area contributed by atoms with Crippen molar-refractivity contribution in [3.05, 3.63) is 59.7 Å². The number of rotatable bonds is 11. The lowest BCUT2D eigenvalue weighted by atomic mass is 9.87. The Kier molecular flexibility index (Phi) is 9.64. The first kappa shape index (κ1) is 27.3. The SMILES string of the molecule is CCOC(=O)CC(NC(=O)CCNS(=O)(=O)c1ccc(C(C)(C)C)cc1)c1cccc(OC)c1. The summed E-state index contributed by atoms with van der Waals surface area (Å²) in [5, 5.41) is 2.79. The summed E-state index contributed by atoms with van der Waals surface area (Å²) in [7, 11) is -2.23. The summed E-state index contributed by atoms with van der Waals surface area (Å²) in [4.78, 5) is 24.8. The van der Waals surface area contributed by atoms with Crippen LogP contribution in [0.3, 0.4) is 0 Å². The molecule has 2 aromatic carbocycles. The van der Waals surface area contributed by atoms with Crippen molar-refractivity contribution in [2.24, 2.45) is 0 Å². The van der Waals surface area contributed by atoms with E-state index in [9.17, 15) is 18.0 Å². The van der Waals surface area contributed by atoms with E-state index >= 15 is 0 Å². The third kappa shape index (κ3) is 8.14. The number of carbonyl (C=O) groups excluding carboxylic acids is 2. The smallest absolute Gasteiger partial charge is 0.308 e. The van der Waals surface area contributed by atoms with Gasteiger partial charge in [-0.1, -0.05) is 45.0 Å². The maximum atomic E-state index is 12.6. The number of amides is 1. The average Bonchev–Trinajstić information content (AvgIpc) is 2.78. The second kappa shape index (κ2) is 12.0. The van der Waals surface area contributed by atoms with Gasteiger partial charge in [0.15, 0.2) is 0 Å². The maximum absolute atomic E-state index is 12.6. The number of sulfonamides is 1. The van der Waals surface area contributed by atoms with Crippen molar-refractivity contribution in [1.82, 2.24) is 10.0 Å². The molecule has 0 aliphatic heterocycles. The summed E-state index contributed by atoms with van der Waals surface area (Å²) in [6, 6.07) is 13.1. The molecule has 0 heterocycles. The summed E-state index contributed by atoms with van der Waals surface area (Å²) in [5.41, 5.74) is 1.62. The van der Waals surface area contributed by atoms with Crippen LogP contribution in [0.4, 0.5) is 0 Å². The fourth-order valence-corrected chi connectivity index (χ4v) is 4.31. The van der Waals surface area contributed by atoms with Gasteiger partial charge in [0.2, 0.25) is 15.9 Å². The van der Waals surface area contributed by atoms with E-state index in [4.69, 9.17) is 9.47 Å². The van der Waals surface area contributed by atoms with Gasteiger partial charge in [0.1, 0.15) is 5.75 Å². The normalized spacial score (nSPS) is 12.6. The van der Waals surface area contributed by atoms with E-state index in [0.29, 0.717) is 11.3 Å². The molecular formula is C25H34N2O6S. The predicted molar refractivity (Wildman–Crippen MR) is 130 cm³/mol. The first-order chi connectivity index (χ1) is 16.0. The van der Waals surface area contributed by atoms with Crippen LogP contribution in [0, 0.1) is 0 Å². The predicted octanol–water partition coefficient (Wildman–Crippen LogP) is 3.47. The Labute approximate surface area is 202 Å². The fraction of sp³-hybridized carbons (Fsp3) is 0.440. The summed E-state index contributed by atoms with van der Waals surface area (Å²) in [6.45, 7) is 8.01. The molecular weight excluding hydrogens is 456 g/mol. The van der Waals surface area contributed by atoms with Crippen LogP contribution in [0.2, 0.25) is 0 Å². The molecule has 0 saturated heterocycles. The Balaban J connectivity index is 2.01. The molecule has 0 aliphatic rings. The standard InChI is InChI=1S/C25H34N2O6S/c1-6-33-24(29)17-22(18-8-7-9-20(16-18)32-5)27-23(28)14-15-26-34(30,31)21-12-10-19(11-13-21)25(2,3)4/h7-13,16,22,26H,6,14-15,17H2,1-5H3,(H,27,28). The highest BCUT2D eigenvalue weighted by molar-refractivity contribution is 7.89. The van der Waals surface area contributed by atoms with Gasteiger partial charge >= 0.3 is 5.97 Å². The molecule has 8 nitrogen and oxygen atoms in total. The Hall–Kier alpha value is -2.91. The third-order valence-corrected chi connectivity index (χ3v) is 6.66. The van der Waals surface area contributed by atoms with Gasteiger partial charge in [0.05, 0.1) is 31.1 Å². The Morgan fingerprint density at radius 2 is 1.74 bits per heavy atom. The van der Waals surface area contributed by atoms with Gasteiger partial charge in [0.25, 0.3) is 0 Å². The molecule has 1 amide bonds. The summed E-state index contributed by atoms with van der Waals surface area (Å²) < 4.78 is 37.9. The van der Waals surface area contributed by atoms with Gasteiger partial charge in [-0.15, -0.1) is 0 Å². The van der Waals surface area contributed by atoms with Gasteiger partial charge in [-0.05, 0) is 47.7 Å². The van der Waals surface area contributed by atoms with Crippen molar-refractivity contribution in [3.8, 4) is 5.75 Å². The van der Waals surface area contributed by atoms with Crippen LogP contribution in [0.5, 0.6) is 5.75 Å². The molecule has 0 bridgehead atoms. The van der Waals surface area contributed by atoms with Crippen LogP contribution in [-0.4, -0.2) is 40.6 Å². The molecule has 9 heteroatoms. The molecule has 0 aromatic heterocycles. The minimum Gasteiger partial charge on any atom is -0.497 e. The number of benzene rings is 2. The van der Waals surface area contributed by atoms with Gasteiger partial charge in [-0.2, -0.15) is 0 Å².